The molecule has 0 aliphatic carbocycles. The van der Waals surface area contributed by atoms with Gasteiger partial charge in [0.05, 0.1) is 33.2 Å². The van der Waals surface area contributed by atoms with Crippen molar-refractivity contribution in [3.05, 3.63) is 65.7 Å². The fourth-order valence-corrected chi connectivity index (χ4v) is 4.26. The van der Waals surface area contributed by atoms with Crippen LogP contribution in [0.15, 0.2) is 54.6 Å². The summed E-state index contributed by atoms with van der Waals surface area (Å²) in [6.07, 6.45) is 3.76. The smallest absolute Gasteiger partial charge is 0.248 e. The minimum atomic E-state index is -0.235. The summed E-state index contributed by atoms with van der Waals surface area (Å²) in [6, 6.07) is 14.6. The van der Waals surface area contributed by atoms with Gasteiger partial charge in [0.15, 0.2) is 5.78 Å². The summed E-state index contributed by atoms with van der Waals surface area (Å²) in [5, 5.41) is 2.82. The number of ketones is 1. The van der Waals surface area contributed by atoms with Crippen LogP contribution < -0.4 is 27.4 Å². The number of anilines is 1. The number of halogens is 1. The molecule has 1 fully saturated rings. The molecule has 0 radical (unpaired) electrons. The molecular formula is C23H27ClN2O3S. The van der Waals surface area contributed by atoms with E-state index in [-0.39, 0.29) is 24.1 Å². The van der Waals surface area contributed by atoms with E-state index >= 15 is 0 Å². The molecule has 0 atom stereocenters. The van der Waals surface area contributed by atoms with E-state index in [0.29, 0.717) is 17.7 Å². The van der Waals surface area contributed by atoms with E-state index in [1.54, 1.807) is 31.4 Å². The van der Waals surface area contributed by atoms with Gasteiger partial charge in [-0.25, -0.2) is 0 Å². The average Bonchev–Trinajstić information content (AvgIpc) is 2.77. The highest BCUT2D eigenvalue weighted by Gasteiger charge is 2.16. The highest BCUT2D eigenvalue weighted by Crippen LogP contribution is 2.14. The first-order valence-electron chi connectivity index (χ1n) is 9.82. The number of Topliss-reactive ketones (excluding diaryl/α,β-unsaturated/α-hetero) is 1. The number of carbonyl (C=O) groups excluding carboxylic acids is 2. The van der Waals surface area contributed by atoms with E-state index in [0.717, 1.165) is 30.9 Å². The van der Waals surface area contributed by atoms with E-state index in [1.807, 2.05) is 42.1 Å². The number of ether oxygens (including phenoxy) is 1. The van der Waals surface area contributed by atoms with Crippen LogP contribution in [0.4, 0.5) is 5.69 Å². The lowest BCUT2D eigenvalue weighted by atomic mass is 10.1. The lowest BCUT2D eigenvalue weighted by Gasteiger charge is -2.22. The van der Waals surface area contributed by atoms with Crippen LogP contribution in [-0.4, -0.2) is 49.9 Å². The van der Waals surface area contributed by atoms with Gasteiger partial charge in [-0.1, -0.05) is 24.3 Å². The van der Waals surface area contributed by atoms with Gasteiger partial charge in [0.25, 0.3) is 0 Å². The van der Waals surface area contributed by atoms with Crippen LogP contribution in [0.1, 0.15) is 22.3 Å². The third kappa shape index (κ3) is 7.52. The molecule has 2 aromatic carbocycles. The number of nitrogens with one attached hydrogen (secondary N) is 2. The molecule has 1 aliphatic heterocycles. The summed E-state index contributed by atoms with van der Waals surface area (Å²) >= 11 is 1.98. The van der Waals surface area contributed by atoms with E-state index in [4.69, 9.17) is 4.74 Å². The van der Waals surface area contributed by atoms with Crippen molar-refractivity contribution in [1.82, 2.24) is 0 Å². The zero-order valence-corrected chi connectivity index (χ0v) is 18.6. The fraction of sp³-hybridized carbons (Fsp3) is 0.304. The number of rotatable bonds is 8. The molecule has 0 saturated carbocycles. The molecule has 0 unspecified atom stereocenters. The number of benzene rings is 2. The van der Waals surface area contributed by atoms with Crippen molar-refractivity contribution in [1.29, 1.82) is 0 Å². The molecule has 0 spiro atoms. The molecule has 0 bridgehead atoms. The number of thioether (sulfide) groups is 1. The summed E-state index contributed by atoms with van der Waals surface area (Å²) in [5.74, 6) is 3.01. The molecule has 7 heteroatoms. The van der Waals surface area contributed by atoms with Gasteiger partial charge in [-0.2, -0.15) is 11.8 Å². The number of hydrogen-bond donors (Lipinski definition) is 2. The van der Waals surface area contributed by atoms with E-state index in [1.165, 1.54) is 22.5 Å². The number of amides is 1. The van der Waals surface area contributed by atoms with Gasteiger partial charge in [-0.05, 0) is 35.9 Å². The summed E-state index contributed by atoms with van der Waals surface area (Å²) in [6.45, 7) is 3.14. The van der Waals surface area contributed by atoms with E-state index < -0.39 is 0 Å². The number of quaternary nitrogens is 1. The predicted molar refractivity (Wildman–Crippen MR) is 119 cm³/mol. The average molecular weight is 447 g/mol. The van der Waals surface area contributed by atoms with Crippen LogP contribution in [-0.2, 0) is 4.79 Å². The molecule has 1 saturated heterocycles. The van der Waals surface area contributed by atoms with E-state index in [2.05, 4.69) is 5.32 Å². The summed E-state index contributed by atoms with van der Waals surface area (Å²) < 4.78 is 5.12. The fourth-order valence-electron chi connectivity index (χ4n) is 3.19. The number of carbonyl (C=O) groups is 2. The third-order valence-corrected chi connectivity index (χ3v) is 5.89. The van der Waals surface area contributed by atoms with Crippen molar-refractivity contribution in [3.8, 4) is 5.75 Å². The minimum Gasteiger partial charge on any atom is -1.00 e. The second kappa shape index (κ2) is 12.4. The third-order valence-electron chi connectivity index (χ3n) is 4.90. The van der Waals surface area contributed by atoms with Gasteiger partial charge >= 0.3 is 0 Å². The van der Waals surface area contributed by atoms with Crippen LogP contribution in [0.2, 0.25) is 0 Å². The second-order valence-corrected chi connectivity index (χ2v) is 8.19. The Balaban J connectivity index is 0.00000320. The van der Waals surface area contributed by atoms with Crippen molar-refractivity contribution in [2.75, 3.05) is 43.6 Å². The SMILES string of the molecule is COc1ccc(/C=C/C(=O)Nc2cccc(C(=O)CC[NH+]3CCSCC3)c2)cc1.[Cl-]. The first-order valence-corrected chi connectivity index (χ1v) is 11.0. The standard InChI is InChI=1S/C23H26N2O3S.ClH/c1-28-21-8-5-18(6-9-21)7-10-23(27)24-20-4-2-3-19(17-20)22(26)11-12-25-13-15-29-16-14-25;/h2-10,17H,11-16H2,1H3,(H,24,27);1H/b10-7+;. The monoisotopic (exact) mass is 446 g/mol. The predicted octanol–water partition coefficient (Wildman–Crippen LogP) is -0.444. The summed E-state index contributed by atoms with van der Waals surface area (Å²) in [4.78, 5) is 26.2. The molecule has 5 nitrogen and oxygen atoms in total. The lowest BCUT2D eigenvalue weighted by molar-refractivity contribution is -0.895. The first kappa shape index (κ1) is 24.0. The molecule has 3 rings (SSSR count). The van der Waals surface area contributed by atoms with Gasteiger partial charge in [0.2, 0.25) is 5.91 Å². The molecule has 1 heterocycles. The molecule has 2 N–H and O–H groups in total. The molecular weight excluding hydrogens is 420 g/mol. The Morgan fingerprint density at radius 1 is 1.13 bits per heavy atom. The van der Waals surface area contributed by atoms with Gasteiger partial charge < -0.3 is 27.4 Å². The summed E-state index contributed by atoms with van der Waals surface area (Å²) in [7, 11) is 1.62. The van der Waals surface area contributed by atoms with Crippen molar-refractivity contribution in [3.63, 3.8) is 0 Å². The van der Waals surface area contributed by atoms with E-state index in [9.17, 15) is 9.59 Å². The Morgan fingerprint density at radius 2 is 1.87 bits per heavy atom. The highest BCUT2D eigenvalue weighted by atomic mass is 35.5. The van der Waals surface area contributed by atoms with Crippen molar-refractivity contribution in [2.24, 2.45) is 0 Å². The summed E-state index contributed by atoms with van der Waals surface area (Å²) in [5.41, 5.74) is 2.18. The zero-order valence-electron chi connectivity index (χ0n) is 17.0. The van der Waals surface area contributed by atoms with Gasteiger partial charge in [-0.15, -0.1) is 0 Å². The van der Waals surface area contributed by atoms with Gasteiger partial charge in [0.1, 0.15) is 5.75 Å². The molecule has 2 aromatic rings. The van der Waals surface area contributed by atoms with Crippen LogP contribution in [0, 0.1) is 0 Å². The maximum absolute atomic E-state index is 12.5. The maximum Gasteiger partial charge on any atom is 0.248 e. The van der Waals surface area contributed by atoms with Crippen molar-refractivity contribution in [2.45, 2.75) is 6.42 Å². The topological polar surface area (TPSA) is 59.8 Å². The van der Waals surface area contributed by atoms with Gasteiger partial charge in [0, 0.05) is 28.8 Å². The molecule has 1 aliphatic rings. The number of hydrogen-bond acceptors (Lipinski definition) is 4. The van der Waals surface area contributed by atoms with Crippen LogP contribution in [0.25, 0.3) is 6.08 Å². The second-order valence-electron chi connectivity index (χ2n) is 6.96. The zero-order chi connectivity index (χ0) is 20.5. The normalized spacial score (nSPS) is 14.2. The minimum absolute atomic E-state index is 0. The maximum atomic E-state index is 12.5. The quantitative estimate of drug-likeness (QED) is 0.426. The van der Waals surface area contributed by atoms with Crippen LogP contribution in [0.5, 0.6) is 5.75 Å². The van der Waals surface area contributed by atoms with Gasteiger partial charge in [-0.3, -0.25) is 9.59 Å². The molecule has 0 aromatic heterocycles. The molecule has 160 valence electrons. The van der Waals surface area contributed by atoms with Crippen LogP contribution in [0.3, 0.4) is 0 Å². The molecule has 1 amide bonds. The Morgan fingerprint density at radius 3 is 2.57 bits per heavy atom. The largest absolute Gasteiger partial charge is 1.00 e. The Kier molecular flexibility index (Phi) is 9.94. The van der Waals surface area contributed by atoms with Crippen molar-refractivity contribution < 1.29 is 31.6 Å². The first-order chi connectivity index (χ1) is 14.1. The highest BCUT2D eigenvalue weighted by molar-refractivity contribution is 7.99. The Bertz CT molecular complexity index is 865. The number of methoxy groups -OCH3 is 1. The molecule has 30 heavy (non-hydrogen) atoms. The van der Waals surface area contributed by atoms with Crippen LogP contribution >= 0.6 is 11.8 Å². The Hall–Kier alpha value is -2.28. The Labute approximate surface area is 188 Å². The lowest BCUT2D eigenvalue weighted by Crippen LogP contribution is -3.13. The van der Waals surface area contributed by atoms with Crippen molar-refractivity contribution >= 4 is 35.2 Å².